The van der Waals surface area contributed by atoms with Crippen molar-refractivity contribution in [2.24, 2.45) is 0 Å². The number of thioether (sulfide) groups is 1. The molecule has 1 N–H and O–H groups in total. The highest BCUT2D eigenvalue weighted by molar-refractivity contribution is 8.01. The molecule has 0 unspecified atom stereocenters. The maximum atomic E-state index is 12.4. The first-order valence-electron chi connectivity index (χ1n) is 8.76. The summed E-state index contributed by atoms with van der Waals surface area (Å²) < 4.78 is 11.0. The number of ether oxygens (including phenoxy) is 1. The van der Waals surface area contributed by atoms with Crippen LogP contribution in [0.2, 0.25) is 0 Å². The molecule has 2 aromatic heterocycles. The summed E-state index contributed by atoms with van der Waals surface area (Å²) in [6.07, 6.45) is 0. The summed E-state index contributed by atoms with van der Waals surface area (Å²) in [4.78, 5) is 38.5. The van der Waals surface area contributed by atoms with E-state index in [0.717, 1.165) is 11.3 Å². The Morgan fingerprint density at radius 3 is 2.83 bits per heavy atom. The average Bonchev–Trinajstić information content (AvgIpc) is 3.19. The first-order valence-corrected chi connectivity index (χ1v) is 10.6. The highest BCUT2D eigenvalue weighted by Crippen LogP contribution is 2.26. The fourth-order valence-corrected chi connectivity index (χ4v) is 4.38. The number of nitrogens with zero attached hydrogens (tertiary/aromatic N) is 3. The van der Waals surface area contributed by atoms with Crippen LogP contribution >= 0.6 is 23.1 Å². The first kappa shape index (κ1) is 19.6. The largest absolute Gasteiger partial charge is 0.422 e. The summed E-state index contributed by atoms with van der Waals surface area (Å²) in [5.74, 6) is -0.383. The number of morpholine rings is 1. The minimum atomic E-state index is -0.726. The van der Waals surface area contributed by atoms with Gasteiger partial charge in [0, 0.05) is 18.5 Å². The van der Waals surface area contributed by atoms with E-state index in [2.05, 4.69) is 15.5 Å². The number of amides is 2. The Morgan fingerprint density at radius 2 is 2.00 bits per heavy atom. The van der Waals surface area contributed by atoms with Gasteiger partial charge in [-0.15, -0.1) is 10.2 Å². The lowest BCUT2D eigenvalue weighted by Gasteiger charge is -2.26. The molecule has 0 saturated carbocycles. The number of carbonyl (C=O) groups is 2. The van der Waals surface area contributed by atoms with Crippen LogP contribution < -0.4 is 10.9 Å². The van der Waals surface area contributed by atoms with E-state index in [1.54, 1.807) is 29.2 Å². The third-order valence-corrected chi connectivity index (χ3v) is 6.15. The third kappa shape index (κ3) is 4.63. The van der Waals surface area contributed by atoms with Gasteiger partial charge in [-0.05, 0) is 12.1 Å². The molecule has 0 spiro atoms. The van der Waals surface area contributed by atoms with Crippen LogP contribution in [0.5, 0.6) is 0 Å². The standard InChI is InChI=1S/C18H16N4O5S2/c23-14(22-5-7-26-8-6-22)10-28-18-21-20-17(29-18)19-15(24)12-9-11-3-1-2-4-13(11)27-16(12)25/h1-4,9H,5-8,10H2,(H,19,20,24). The summed E-state index contributed by atoms with van der Waals surface area (Å²) >= 11 is 2.39. The van der Waals surface area contributed by atoms with Crippen LogP contribution in [0.4, 0.5) is 5.13 Å². The van der Waals surface area contributed by atoms with Crippen molar-refractivity contribution < 1.29 is 18.7 Å². The molecule has 1 aliphatic heterocycles. The monoisotopic (exact) mass is 432 g/mol. The molecule has 0 radical (unpaired) electrons. The molecule has 3 aromatic rings. The molecule has 9 nitrogen and oxygen atoms in total. The molecule has 11 heteroatoms. The molecule has 1 fully saturated rings. The van der Waals surface area contributed by atoms with E-state index in [9.17, 15) is 14.4 Å². The SMILES string of the molecule is O=C(Nc1nnc(SCC(=O)N2CCOCC2)s1)c1cc2ccccc2oc1=O. The summed E-state index contributed by atoms with van der Waals surface area (Å²) in [7, 11) is 0. The molecule has 0 aliphatic carbocycles. The molecular weight excluding hydrogens is 416 g/mol. The predicted octanol–water partition coefficient (Wildman–Crippen LogP) is 1.85. The average molecular weight is 432 g/mol. The van der Waals surface area contributed by atoms with Crippen molar-refractivity contribution >= 4 is 51.0 Å². The smallest absolute Gasteiger partial charge is 0.349 e. The Hall–Kier alpha value is -2.76. The third-order valence-electron chi connectivity index (χ3n) is 4.20. The Kier molecular flexibility index (Phi) is 5.88. The number of carbonyl (C=O) groups excluding carboxylic acids is 2. The Balaban J connectivity index is 1.38. The number of rotatable bonds is 5. The molecule has 1 aliphatic rings. The van der Waals surface area contributed by atoms with E-state index in [0.29, 0.717) is 41.6 Å². The van der Waals surface area contributed by atoms with Crippen molar-refractivity contribution in [3.8, 4) is 0 Å². The van der Waals surface area contributed by atoms with Gasteiger partial charge in [0.25, 0.3) is 5.91 Å². The molecule has 1 saturated heterocycles. The molecule has 29 heavy (non-hydrogen) atoms. The van der Waals surface area contributed by atoms with Gasteiger partial charge >= 0.3 is 5.63 Å². The molecule has 0 bridgehead atoms. The van der Waals surface area contributed by atoms with Crippen molar-refractivity contribution in [3.05, 3.63) is 46.3 Å². The van der Waals surface area contributed by atoms with E-state index < -0.39 is 11.5 Å². The zero-order valence-corrected chi connectivity index (χ0v) is 16.8. The maximum absolute atomic E-state index is 12.4. The van der Waals surface area contributed by atoms with Crippen molar-refractivity contribution in [2.75, 3.05) is 37.4 Å². The van der Waals surface area contributed by atoms with Gasteiger partial charge in [0.2, 0.25) is 11.0 Å². The van der Waals surface area contributed by atoms with Gasteiger partial charge in [-0.25, -0.2) is 4.79 Å². The second kappa shape index (κ2) is 8.72. The van der Waals surface area contributed by atoms with Crippen LogP contribution in [0.3, 0.4) is 0 Å². The fourth-order valence-electron chi connectivity index (χ4n) is 2.73. The van der Waals surface area contributed by atoms with Crippen LogP contribution in [0.15, 0.2) is 43.9 Å². The van der Waals surface area contributed by atoms with E-state index >= 15 is 0 Å². The molecule has 150 valence electrons. The van der Waals surface area contributed by atoms with Gasteiger partial charge in [0.15, 0.2) is 4.34 Å². The Bertz CT molecular complexity index is 1110. The summed E-state index contributed by atoms with van der Waals surface area (Å²) in [6.45, 7) is 2.28. The van der Waals surface area contributed by atoms with Gasteiger partial charge in [-0.2, -0.15) is 0 Å². The van der Waals surface area contributed by atoms with Crippen molar-refractivity contribution in [2.45, 2.75) is 4.34 Å². The van der Waals surface area contributed by atoms with Crippen LogP contribution in [0.25, 0.3) is 11.0 Å². The van der Waals surface area contributed by atoms with Gasteiger partial charge in [0.05, 0.1) is 19.0 Å². The Morgan fingerprint density at radius 1 is 1.21 bits per heavy atom. The van der Waals surface area contributed by atoms with Crippen molar-refractivity contribution in [1.82, 2.24) is 15.1 Å². The van der Waals surface area contributed by atoms with E-state index in [1.807, 2.05) is 0 Å². The first-order chi connectivity index (χ1) is 14.1. The summed E-state index contributed by atoms with van der Waals surface area (Å²) in [5.41, 5.74) is -0.430. The van der Waals surface area contributed by atoms with Crippen molar-refractivity contribution in [3.63, 3.8) is 0 Å². The fraction of sp³-hybridized carbons (Fsp3) is 0.278. The second-order valence-electron chi connectivity index (χ2n) is 6.09. The van der Waals surface area contributed by atoms with E-state index in [1.165, 1.54) is 17.8 Å². The van der Waals surface area contributed by atoms with Crippen LogP contribution in [0, 0.1) is 0 Å². The van der Waals surface area contributed by atoms with Gasteiger partial charge < -0.3 is 14.1 Å². The second-order valence-corrected chi connectivity index (χ2v) is 8.29. The molecule has 0 atom stereocenters. The quantitative estimate of drug-likeness (QED) is 0.369. The number of aromatic nitrogens is 2. The van der Waals surface area contributed by atoms with Gasteiger partial charge in [-0.1, -0.05) is 41.3 Å². The molecule has 1 aromatic carbocycles. The van der Waals surface area contributed by atoms with Crippen LogP contribution in [-0.4, -0.2) is 59.0 Å². The number of anilines is 1. The number of fused-ring (bicyclic) bond motifs is 1. The lowest BCUT2D eigenvalue weighted by molar-refractivity contribution is -0.132. The van der Waals surface area contributed by atoms with E-state index in [-0.39, 0.29) is 22.4 Å². The lowest BCUT2D eigenvalue weighted by atomic mass is 10.2. The highest BCUT2D eigenvalue weighted by Gasteiger charge is 2.19. The number of hydrogen-bond acceptors (Lipinski definition) is 9. The van der Waals surface area contributed by atoms with Crippen molar-refractivity contribution in [1.29, 1.82) is 0 Å². The molecule has 4 rings (SSSR count). The summed E-state index contributed by atoms with van der Waals surface area (Å²) in [5, 5.41) is 11.3. The van der Waals surface area contributed by atoms with Crippen LogP contribution in [-0.2, 0) is 9.53 Å². The number of benzene rings is 1. The normalized spacial score (nSPS) is 14.1. The topological polar surface area (TPSA) is 115 Å². The minimum absolute atomic E-state index is 0.00728. The van der Waals surface area contributed by atoms with Gasteiger partial charge in [-0.3, -0.25) is 14.9 Å². The molecule has 2 amide bonds. The minimum Gasteiger partial charge on any atom is -0.422 e. The number of para-hydroxylation sites is 1. The molecular formula is C18H16N4O5S2. The summed E-state index contributed by atoms with van der Waals surface area (Å²) in [6, 6.07) is 8.42. The Labute approximate surface area is 173 Å². The maximum Gasteiger partial charge on any atom is 0.349 e. The van der Waals surface area contributed by atoms with E-state index in [4.69, 9.17) is 9.15 Å². The lowest BCUT2D eigenvalue weighted by Crippen LogP contribution is -2.41. The molecule has 3 heterocycles. The highest BCUT2D eigenvalue weighted by atomic mass is 32.2. The van der Waals surface area contributed by atoms with Crippen LogP contribution in [0.1, 0.15) is 10.4 Å². The number of nitrogens with one attached hydrogen (secondary N) is 1. The predicted molar refractivity (Wildman–Crippen MR) is 108 cm³/mol. The zero-order chi connectivity index (χ0) is 20.2. The van der Waals surface area contributed by atoms with Gasteiger partial charge in [0.1, 0.15) is 11.1 Å². The number of hydrogen-bond donors (Lipinski definition) is 1. The zero-order valence-electron chi connectivity index (χ0n) is 15.1.